The van der Waals surface area contributed by atoms with Gasteiger partial charge in [0.15, 0.2) is 6.29 Å². The van der Waals surface area contributed by atoms with Crippen LogP contribution in [-0.4, -0.2) is 54.6 Å². The van der Waals surface area contributed by atoms with Gasteiger partial charge in [0.05, 0.1) is 6.61 Å². The zero-order chi connectivity index (χ0) is 12.9. The molecule has 3 heterocycles. The quantitative estimate of drug-likeness (QED) is 0.675. The minimum absolute atomic E-state index is 0.242. The molecule has 3 fully saturated rings. The van der Waals surface area contributed by atoms with E-state index in [1.54, 1.807) is 0 Å². The monoisotopic (exact) mass is 273 g/mol. The van der Waals surface area contributed by atoms with Gasteiger partial charge in [-0.05, 0) is 19.3 Å². The second-order valence-corrected chi connectivity index (χ2v) is 5.21. The van der Waals surface area contributed by atoms with Crippen LogP contribution in [0.1, 0.15) is 38.5 Å². The van der Waals surface area contributed by atoms with Gasteiger partial charge in [0.2, 0.25) is 0 Å². The maximum atomic E-state index is 5.68. The highest BCUT2D eigenvalue weighted by Gasteiger charge is 2.29. The normalized spacial score (nSPS) is 29.8. The highest BCUT2D eigenvalue weighted by molar-refractivity contribution is 4.58. The van der Waals surface area contributed by atoms with E-state index in [1.165, 1.54) is 12.8 Å². The van der Waals surface area contributed by atoms with Gasteiger partial charge in [-0.15, -0.1) is 0 Å². The molecule has 7 heteroatoms. The van der Waals surface area contributed by atoms with Gasteiger partial charge in [0.25, 0.3) is 0 Å². The van der Waals surface area contributed by atoms with E-state index in [-0.39, 0.29) is 6.29 Å². The summed E-state index contributed by atoms with van der Waals surface area (Å²) in [5.74, 6) is 0. The van der Waals surface area contributed by atoms with Crippen molar-refractivity contribution >= 4 is 0 Å². The molecule has 0 saturated carbocycles. The molecule has 0 aromatic heterocycles. The molecule has 1 atom stereocenters. The van der Waals surface area contributed by atoms with Crippen molar-refractivity contribution in [3.63, 3.8) is 0 Å². The number of ether oxygens (including phenoxy) is 1. The van der Waals surface area contributed by atoms with Gasteiger partial charge >= 0.3 is 0 Å². The van der Waals surface area contributed by atoms with Gasteiger partial charge in [0, 0.05) is 32.6 Å². The molecule has 0 radical (unpaired) electrons. The van der Waals surface area contributed by atoms with E-state index in [0.29, 0.717) is 0 Å². The van der Waals surface area contributed by atoms with Crippen LogP contribution >= 0.6 is 0 Å². The Morgan fingerprint density at radius 1 is 0.842 bits per heavy atom. The summed E-state index contributed by atoms with van der Waals surface area (Å²) in [7, 11) is 0. The highest BCUT2D eigenvalue weighted by Crippen LogP contribution is 2.19. The summed E-state index contributed by atoms with van der Waals surface area (Å²) in [5.41, 5.74) is 0. The molecule has 110 valence electrons. The standard InChI is InChI=1S/C12H23N3O4/c1-2-4-8-13(7-3-1)18-15(17-12-6-11-16-12)19-14-9-5-10-14/h12H,1-11H2. The molecule has 0 aromatic rings. The summed E-state index contributed by atoms with van der Waals surface area (Å²) < 4.78 is 5.25. The Bertz CT molecular complexity index is 250. The Morgan fingerprint density at radius 2 is 1.42 bits per heavy atom. The lowest BCUT2D eigenvalue weighted by atomic mass is 10.2. The topological polar surface area (TPSA) is 46.6 Å². The molecule has 0 amide bonds. The van der Waals surface area contributed by atoms with Gasteiger partial charge < -0.3 is 4.74 Å². The molecule has 0 N–H and O–H groups in total. The summed E-state index contributed by atoms with van der Waals surface area (Å²) >= 11 is 0. The largest absolute Gasteiger partial charge is 0.350 e. The second-order valence-electron chi connectivity index (χ2n) is 5.21. The van der Waals surface area contributed by atoms with Crippen LogP contribution in [0.4, 0.5) is 0 Å². The third-order valence-electron chi connectivity index (χ3n) is 3.61. The van der Waals surface area contributed by atoms with Gasteiger partial charge in [0.1, 0.15) is 5.39 Å². The fraction of sp³-hybridized carbons (Fsp3) is 1.00. The fourth-order valence-electron chi connectivity index (χ4n) is 2.13. The minimum atomic E-state index is -0.242. The van der Waals surface area contributed by atoms with Crippen LogP contribution in [0.15, 0.2) is 0 Å². The van der Waals surface area contributed by atoms with Crippen LogP contribution in [0.2, 0.25) is 0 Å². The van der Waals surface area contributed by atoms with Crippen LogP contribution in [0.3, 0.4) is 0 Å². The molecule has 0 aliphatic carbocycles. The van der Waals surface area contributed by atoms with Gasteiger partial charge in [-0.2, -0.15) is 20.0 Å². The molecule has 19 heavy (non-hydrogen) atoms. The number of rotatable bonds is 6. The molecular formula is C12H23N3O4. The van der Waals surface area contributed by atoms with Gasteiger partial charge in [-0.25, -0.2) is 4.84 Å². The predicted molar refractivity (Wildman–Crippen MR) is 65.7 cm³/mol. The summed E-state index contributed by atoms with van der Waals surface area (Å²) in [6, 6.07) is 0. The third kappa shape index (κ3) is 4.09. The first kappa shape index (κ1) is 13.7. The Morgan fingerprint density at radius 3 is 1.84 bits per heavy atom. The summed E-state index contributed by atoms with van der Waals surface area (Å²) in [6.45, 7) is 4.39. The SMILES string of the molecule is C1CCCN(ON(OC2CCO2)ON2CCC2)CC1. The van der Waals surface area contributed by atoms with Crippen molar-refractivity contribution in [3.8, 4) is 0 Å². The molecule has 3 saturated heterocycles. The minimum Gasteiger partial charge on any atom is -0.350 e. The lowest BCUT2D eigenvalue weighted by Gasteiger charge is -2.36. The Kier molecular flexibility index (Phi) is 5.00. The molecule has 0 bridgehead atoms. The van der Waals surface area contributed by atoms with E-state index < -0.39 is 0 Å². The van der Waals surface area contributed by atoms with Gasteiger partial charge in [-0.3, -0.25) is 0 Å². The number of hydrogen-bond acceptors (Lipinski definition) is 7. The lowest BCUT2D eigenvalue weighted by molar-refractivity contribution is -0.646. The predicted octanol–water partition coefficient (Wildman–Crippen LogP) is 1.24. The van der Waals surface area contributed by atoms with Crippen molar-refractivity contribution in [1.29, 1.82) is 0 Å². The smallest absolute Gasteiger partial charge is 0.184 e. The number of hydroxylamine groups is 4. The van der Waals surface area contributed by atoms with Crippen LogP contribution in [0, 0.1) is 0 Å². The summed E-state index contributed by atoms with van der Waals surface area (Å²) in [6.07, 6.45) is 6.61. The van der Waals surface area contributed by atoms with Crippen LogP contribution in [0.5, 0.6) is 0 Å². The van der Waals surface area contributed by atoms with Crippen LogP contribution in [0.25, 0.3) is 0 Å². The molecule has 7 nitrogen and oxygen atoms in total. The third-order valence-corrected chi connectivity index (χ3v) is 3.61. The number of nitrogens with zero attached hydrogens (tertiary/aromatic N) is 3. The molecule has 0 spiro atoms. The zero-order valence-electron chi connectivity index (χ0n) is 11.3. The van der Waals surface area contributed by atoms with Crippen LogP contribution in [-0.2, 0) is 19.5 Å². The molecule has 3 aliphatic rings. The van der Waals surface area contributed by atoms with Crippen molar-refractivity contribution < 1.29 is 19.5 Å². The molecule has 3 aliphatic heterocycles. The van der Waals surface area contributed by atoms with Crippen molar-refractivity contribution in [2.75, 3.05) is 32.8 Å². The van der Waals surface area contributed by atoms with Crippen molar-refractivity contribution in [1.82, 2.24) is 15.5 Å². The van der Waals surface area contributed by atoms with Gasteiger partial charge in [-0.1, -0.05) is 12.8 Å². The molecule has 0 aromatic carbocycles. The van der Waals surface area contributed by atoms with Crippen molar-refractivity contribution in [3.05, 3.63) is 0 Å². The summed E-state index contributed by atoms with van der Waals surface area (Å²) in [5, 5.41) is 4.84. The van der Waals surface area contributed by atoms with Crippen molar-refractivity contribution in [2.24, 2.45) is 0 Å². The Hall–Kier alpha value is -0.280. The average Bonchev–Trinajstić information content (AvgIpc) is 2.56. The van der Waals surface area contributed by atoms with E-state index >= 15 is 0 Å². The first-order valence-corrected chi connectivity index (χ1v) is 7.35. The highest BCUT2D eigenvalue weighted by atomic mass is 17.3. The van der Waals surface area contributed by atoms with E-state index in [9.17, 15) is 0 Å². The van der Waals surface area contributed by atoms with E-state index in [2.05, 4.69) is 0 Å². The lowest BCUT2D eigenvalue weighted by Crippen LogP contribution is -2.48. The zero-order valence-corrected chi connectivity index (χ0v) is 11.3. The molecule has 3 rings (SSSR count). The van der Waals surface area contributed by atoms with Crippen molar-refractivity contribution in [2.45, 2.75) is 44.8 Å². The Labute approximate surface area is 113 Å². The maximum absolute atomic E-state index is 5.68. The van der Waals surface area contributed by atoms with E-state index in [0.717, 1.165) is 63.9 Å². The van der Waals surface area contributed by atoms with E-state index in [4.69, 9.17) is 19.5 Å². The Balaban J connectivity index is 1.47. The van der Waals surface area contributed by atoms with Crippen LogP contribution < -0.4 is 0 Å². The summed E-state index contributed by atoms with van der Waals surface area (Å²) in [4.78, 5) is 16.7. The maximum Gasteiger partial charge on any atom is 0.184 e. The molecular weight excluding hydrogens is 250 g/mol. The number of hydrogen-bond donors (Lipinski definition) is 0. The first-order chi connectivity index (χ1) is 9.40. The fourth-order valence-corrected chi connectivity index (χ4v) is 2.13. The average molecular weight is 273 g/mol. The first-order valence-electron chi connectivity index (χ1n) is 7.35. The second kappa shape index (κ2) is 6.94. The van der Waals surface area contributed by atoms with E-state index in [1.807, 2.05) is 10.1 Å². The molecule has 1 unspecified atom stereocenters.